The number of amides is 1. The average Bonchev–Trinajstić information content (AvgIpc) is 3.09. The average molecular weight is 262 g/mol. The maximum Gasteiger partial charge on any atom is 0.252 e. The van der Waals surface area contributed by atoms with Crippen LogP contribution in [0.25, 0.3) is 0 Å². The van der Waals surface area contributed by atoms with Crippen LogP contribution in [-0.2, 0) is 4.79 Å². The molecule has 2 fully saturated rings. The Hall–Kier alpha value is -1.85. The van der Waals surface area contributed by atoms with Gasteiger partial charge in [-0.3, -0.25) is 9.59 Å². The van der Waals surface area contributed by atoms with E-state index in [2.05, 4.69) is 20.2 Å². The first-order chi connectivity index (χ1) is 9.11. The molecule has 1 atom stereocenters. The number of aromatic amines is 1. The summed E-state index contributed by atoms with van der Waals surface area (Å²) in [4.78, 5) is 32.1. The molecule has 2 aliphatic rings. The van der Waals surface area contributed by atoms with Crippen LogP contribution in [0.4, 0.5) is 5.82 Å². The molecule has 1 saturated carbocycles. The molecule has 102 valence electrons. The zero-order valence-electron chi connectivity index (χ0n) is 11.0. The highest BCUT2D eigenvalue weighted by Gasteiger charge is 2.29. The largest absolute Gasteiger partial charge is 0.354 e. The number of aromatic nitrogens is 2. The van der Waals surface area contributed by atoms with E-state index in [0.717, 1.165) is 44.0 Å². The smallest absolute Gasteiger partial charge is 0.252 e. The molecule has 1 aliphatic heterocycles. The molecule has 2 heterocycles. The lowest BCUT2D eigenvalue weighted by Crippen LogP contribution is -2.36. The van der Waals surface area contributed by atoms with Crippen molar-refractivity contribution in [1.82, 2.24) is 15.3 Å². The summed E-state index contributed by atoms with van der Waals surface area (Å²) in [6.07, 6.45) is 3.12. The van der Waals surface area contributed by atoms with E-state index in [1.165, 1.54) is 6.92 Å². The molecule has 1 amide bonds. The van der Waals surface area contributed by atoms with Crippen LogP contribution in [0.3, 0.4) is 0 Å². The van der Waals surface area contributed by atoms with Crippen LogP contribution in [0.5, 0.6) is 0 Å². The highest BCUT2D eigenvalue weighted by atomic mass is 16.1. The minimum Gasteiger partial charge on any atom is -0.354 e. The van der Waals surface area contributed by atoms with Gasteiger partial charge in [0.25, 0.3) is 5.56 Å². The van der Waals surface area contributed by atoms with Crippen LogP contribution in [0.1, 0.15) is 37.9 Å². The molecule has 3 rings (SSSR count). The predicted octanol–water partition coefficient (Wildman–Crippen LogP) is 0.362. The predicted molar refractivity (Wildman–Crippen MR) is 71.3 cm³/mol. The Labute approximate surface area is 111 Å². The lowest BCUT2D eigenvalue weighted by molar-refractivity contribution is -0.119. The van der Waals surface area contributed by atoms with Gasteiger partial charge in [0, 0.05) is 38.0 Å². The Kier molecular flexibility index (Phi) is 3.00. The van der Waals surface area contributed by atoms with Crippen molar-refractivity contribution in [2.75, 3.05) is 18.0 Å². The molecule has 6 nitrogen and oxygen atoms in total. The summed E-state index contributed by atoms with van der Waals surface area (Å²) in [7, 11) is 0. The van der Waals surface area contributed by atoms with Crippen molar-refractivity contribution >= 4 is 11.7 Å². The van der Waals surface area contributed by atoms with Crippen molar-refractivity contribution in [2.24, 2.45) is 0 Å². The minimum atomic E-state index is -0.0881. The lowest BCUT2D eigenvalue weighted by atomic mass is 10.3. The van der Waals surface area contributed by atoms with Crippen LogP contribution in [0.2, 0.25) is 0 Å². The van der Waals surface area contributed by atoms with E-state index in [1.807, 2.05) is 0 Å². The number of nitrogens with zero attached hydrogens (tertiary/aromatic N) is 2. The van der Waals surface area contributed by atoms with Gasteiger partial charge in [-0.2, -0.15) is 0 Å². The molecule has 1 aliphatic carbocycles. The molecule has 1 aromatic rings. The fourth-order valence-electron chi connectivity index (χ4n) is 2.55. The van der Waals surface area contributed by atoms with Crippen LogP contribution < -0.4 is 15.8 Å². The van der Waals surface area contributed by atoms with Crippen molar-refractivity contribution in [3.63, 3.8) is 0 Å². The summed E-state index contributed by atoms with van der Waals surface area (Å²) in [5.74, 6) is 1.97. The van der Waals surface area contributed by atoms with Gasteiger partial charge in [-0.25, -0.2) is 4.98 Å². The Morgan fingerprint density at radius 1 is 1.47 bits per heavy atom. The second-order valence-electron chi connectivity index (χ2n) is 5.40. The SMILES string of the molecule is CC(=O)NC1CCN(c2cc(=O)[nH]c(C3CC3)n2)C1. The van der Waals surface area contributed by atoms with Gasteiger partial charge in [0.05, 0.1) is 0 Å². The van der Waals surface area contributed by atoms with Crippen LogP contribution >= 0.6 is 0 Å². The molecular weight excluding hydrogens is 244 g/mol. The molecule has 1 saturated heterocycles. The van der Waals surface area contributed by atoms with E-state index in [1.54, 1.807) is 6.07 Å². The van der Waals surface area contributed by atoms with Crippen LogP contribution in [0.15, 0.2) is 10.9 Å². The van der Waals surface area contributed by atoms with Crippen molar-refractivity contribution in [3.05, 3.63) is 22.2 Å². The van der Waals surface area contributed by atoms with Crippen molar-refractivity contribution in [2.45, 2.75) is 38.1 Å². The van der Waals surface area contributed by atoms with Gasteiger partial charge in [0.2, 0.25) is 5.91 Å². The van der Waals surface area contributed by atoms with E-state index >= 15 is 0 Å². The monoisotopic (exact) mass is 262 g/mol. The molecule has 0 spiro atoms. The fourth-order valence-corrected chi connectivity index (χ4v) is 2.55. The molecule has 0 bridgehead atoms. The van der Waals surface area contributed by atoms with Gasteiger partial charge in [-0.05, 0) is 19.3 Å². The quantitative estimate of drug-likeness (QED) is 0.824. The summed E-state index contributed by atoms with van der Waals surface area (Å²) in [6.45, 7) is 3.07. The van der Waals surface area contributed by atoms with Gasteiger partial charge in [0.15, 0.2) is 0 Å². The molecular formula is C13H18N4O2. The molecule has 19 heavy (non-hydrogen) atoms. The molecule has 1 unspecified atom stereocenters. The van der Waals surface area contributed by atoms with E-state index in [0.29, 0.717) is 5.92 Å². The molecule has 6 heteroatoms. The normalized spacial score (nSPS) is 22.6. The highest BCUT2D eigenvalue weighted by Crippen LogP contribution is 2.38. The molecule has 0 aromatic carbocycles. The number of hydrogen-bond donors (Lipinski definition) is 2. The Balaban J connectivity index is 1.75. The number of H-pyrrole nitrogens is 1. The number of hydrogen-bond acceptors (Lipinski definition) is 4. The third-order valence-electron chi connectivity index (χ3n) is 3.63. The maximum atomic E-state index is 11.7. The van der Waals surface area contributed by atoms with Gasteiger partial charge in [-0.15, -0.1) is 0 Å². The number of carbonyl (C=O) groups is 1. The van der Waals surface area contributed by atoms with Crippen LogP contribution in [-0.4, -0.2) is 35.0 Å². The summed E-state index contributed by atoms with van der Waals surface area (Å²) >= 11 is 0. The fraction of sp³-hybridized carbons (Fsp3) is 0.615. The van der Waals surface area contributed by atoms with E-state index in [4.69, 9.17) is 0 Å². The first kappa shape index (κ1) is 12.2. The van der Waals surface area contributed by atoms with E-state index in [-0.39, 0.29) is 17.5 Å². The summed E-state index contributed by atoms with van der Waals surface area (Å²) in [5, 5.41) is 2.91. The standard InChI is InChI=1S/C13H18N4O2/c1-8(18)14-10-4-5-17(7-10)11-6-12(19)16-13(15-11)9-2-3-9/h6,9-10H,2-5,7H2,1H3,(H,14,18)(H,15,16,19). The summed E-state index contributed by atoms with van der Waals surface area (Å²) in [6, 6.07) is 1.70. The lowest BCUT2D eigenvalue weighted by Gasteiger charge is -2.18. The minimum absolute atomic E-state index is 0.00983. The summed E-state index contributed by atoms with van der Waals surface area (Å²) < 4.78 is 0. The Morgan fingerprint density at radius 3 is 2.95 bits per heavy atom. The number of anilines is 1. The molecule has 1 aromatic heterocycles. The second kappa shape index (κ2) is 4.68. The first-order valence-electron chi connectivity index (χ1n) is 6.75. The topological polar surface area (TPSA) is 78.1 Å². The van der Waals surface area contributed by atoms with Gasteiger partial charge in [0.1, 0.15) is 11.6 Å². The van der Waals surface area contributed by atoms with Crippen molar-refractivity contribution < 1.29 is 4.79 Å². The number of rotatable bonds is 3. The van der Waals surface area contributed by atoms with E-state index in [9.17, 15) is 9.59 Å². The zero-order valence-corrected chi connectivity index (χ0v) is 11.0. The van der Waals surface area contributed by atoms with E-state index < -0.39 is 0 Å². The third-order valence-corrected chi connectivity index (χ3v) is 3.63. The molecule has 2 N–H and O–H groups in total. The Morgan fingerprint density at radius 2 is 2.26 bits per heavy atom. The van der Waals surface area contributed by atoms with Gasteiger partial charge >= 0.3 is 0 Å². The Bertz CT molecular complexity index is 550. The number of carbonyl (C=O) groups excluding carboxylic acids is 1. The zero-order chi connectivity index (χ0) is 13.4. The van der Waals surface area contributed by atoms with Crippen molar-refractivity contribution in [3.8, 4) is 0 Å². The second-order valence-corrected chi connectivity index (χ2v) is 5.40. The maximum absolute atomic E-state index is 11.7. The third kappa shape index (κ3) is 2.77. The summed E-state index contributed by atoms with van der Waals surface area (Å²) in [5.41, 5.74) is -0.0881. The first-order valence-corrected chi connectivity index (χ1v) is 6.75. The van der Waals surface area contributed by atoms with Crippen molar-refractivity contribution in [1.29, 1.82) is 0 Å². The van der Waals surface area contributed by atoms with Gasteiger partial charge in [-0.1, -0.05) is 0 Å². The van der Waals surface area contributed by atoms with Gasteiger partial charge < -0.3 is 15.2 Å². The molecule has 0 radical (unpaired) electrons. The number of nitrogens with one attached hydrogen (secondary N) is 2. The van der Waals surface area contributed by atoms with Crippen LogP contribution in [0, 0.1) is 0 Å². The highest BCUT2D eigenvalue weighted by molar-refractivity contribution is 5.73.